The smallest absolute Gasteiger partial charge is 0.227 e. The summed E-state index contributed by atoms with van der Waals surface area (Å²) >= 11 is 1.58. The van der Waals surface area contributed by atoms with Gasteiger partial charge in [0.15, 0.2) is 0 Å². The Morgan fingerprint density at radius 3 is 2.82 bits per heavy atom. The maximum Gasteiger partial charge on any atom is 0.227 e. The minimum absolute atomic E-state index is 0.183. The van der Waals surface area contributed by atoms with E-state index in [4.69, 9.17) is 0 Å². The minimum Gasteiger partial charge on any atom is -0.373 e. The van der Waals surface area contributed by atoms with Gasteiger partial charge in [-0.1, -0.05) is 19.1 Å². The molecule has 0 spiro atoms. The van der Waals surface area contributed by atoms with Gasteiger partial charge < -0.3 is 9.80 Å². The molecule has 0 saturated heterocycles. The Hall–Kier alpha value is -1.88. The fourth-order valence-electron chi connectivity index (χ4n) is 3.02. The van der Waals surface area contributed by atoms with Crippen LogP contribution in [-0.4, -0.2) is 31.0 Å². The Labute approximate surface area is 135 Å². The molecule has 0 saturated carbocycles. The number of aromatic nitrogens is 1. The van der Waals surface area contributed by atoms with E-state index in [0.29, 0.717) is 18.8 Å². The first-order chi connectivity index (χ1) is 10.6. The highest BCUT2D eigenvalue weighted by Gasteiger charge is 2.26. The Morgan fingerprint density at radius 2 is 2.09 bits per heavy atom. The number of amides is 1. The maximum atomic E-state index is 12.7. The number of hydrogen-bond donors (Lipinski definition) is 0. The van der Waals surface area contributed by atoms with Crippen molar-refractivity contribution < 1.29 is 4.79 Å². The van der Waals surface area contributed by atoms with Gasteiger partial charge in [-0.3, -0.25) is 4.79 Å². The van der Waals surface area contributed by atoms with Crippen LogP contribution >= 0.6 is 11.3 Å². The van der Waals surface area contributed by atoms with Crippen LogP contribution in [0.3, 0.4) is 0 Å². The van der Waals surface area contributed by atoms with Crippen LogP contribution in [-0.2, 0) is 11.2 Å². The van der Waals surface area contributed by atoms with Gasteiger partial charge in [0.2, 0.25) is 5.91 Å². The number of carbonyl (C=O) groups is 1. The van der Waals surface area contributed by atoms with E-state index in [0.717, 1.165) is 30.2 Å². The number of rotatable bonds is 3. The molecule has 1 aliphatic heterocycles. The summed E-state index contributed by atoms with van der Waals surface area (Å²) in [7, 11) is 2.10. The van der Waals surface area contributed by atoms with Gasteiger partial charge in [-0.15, -0.1) is 11.3 Å². The van der Waals surface area contributed by atoms with Crippen molar-refractivity contribution in [2.45, 2.75) is 19.8 Å². The van der Waals surface area contributed by atoms with Gasteiger partial charge in [0, 0.05) is 31.9 Å². The number of thiazole rings is 1. The number of hydrogen-bond acceptors (Lipinski definition) is 4. The van der Waals surface area contributed by atoms with Crippen LogP contribution in [0.1, 0.15) is 19.0 Å². The third-order valence-corrected chi connectivity index (χ3v) is 4.68. The lowest BCUT2D eigenvalue weighted by molar-refractivity contribution is -0.118. The largest absolute Gasteiger partial charge is 0.373 e. The van der Waals surface area contributed by atoms with Crippen molar-refractivity contribution in [1.29, 1.82) is 0 Å². The van der Waals surface area contributed by atoms with E-state index < -0.39 is 0 Å². The Balaban J connectivity index is 1.81. The number of nitrogens with zero attached hydrogens (tertiary/aromatic N) is 3. The van der Waals surface area contributed by atoms with Crippen molar-refractivity contribution in [3.05, 3.63) is 40.8 Å². The molecular weight excluding hydrogens is 294 g/mol. The first-order valence-corrected chi connectivity index (χ1v) is 8.57. The van der Waals surface area contributed by atoms with E-state index in [2.05, 4.69) is 29.9 Å². The summed E-state index contributed by atoms with van der Waals surface area (Å²) in [6, 6.07) is 8.17. The molecule has 1 unspecified atom stereocenters. The number of anilines is 2. The summed E-state index contributed by atoms with van der Waals surface area (Å²) < 4.78 is 0. The molecule has 3 rings (SSSR count). The van der Waals surface area contributed by atoms with Gasteiger partial charge >= 0.3 is 0 Å². The highest BCUT2D eigenvalue weighted by Crippen LogP contribution is 2.33. The van der Waals surface area contributed by atoms with Gasteiger partial charge in [0.05, 0.1) is 22.6 Å². The number of benzene rings is 1. The third kappa shape index (κ3) is 3.14. The van der Waals surface area contributed by atoms with E-state index in [1.807, 2.05) is 34.0 Å². The lowest BCUT2D eigenvalue weighted by atomic mass is 10.1. The monoisotopic (exact) mass is 315 g/mol. The second-order valence-electron chi connectivity index (χ2n) is 5.96. The molecule has 1 amide bonds. The Bertz CT molecular complexity index is 641. The van der Waals surface area contributed by atoms with E-state index in [-0.39, 0.29) is 5.91 Å². The average Bonchev–Trinajstić information content (AvgIpc) is 2.99. The van der Waals surface area contributed by atoms with Crippen molar-refractivity contribution in [3.8, 4) is 0 Å². The topological polar surface area (TPSA) is 36.4 Å². The molecule has 116 valence electrons. The molecule has 1 aliphatic rings. The molecule has 4 nitrogen and oxygen atoms in total. The predicted molar refractivity (Wildman–Crippen MR) is 91.7 cm³/mol. The maximum absolute atomic E-state index is 12.7. The lowest BCUT2D eigenvalue weighted by Gasteiger charge is -2.24. The van der Waals surface area contributed by atoms with E-state index in [9.17, 15) is 4.79 Å². The lowest BCUT2D eigenvalue weighted by Crippen LogP contribution is -2.35. The van der Waals surface area contributed by atoms with Crippen LogP contribution in [0.5, 0.6) is 0 Å². The summed E-state index contributed by atoms with van der Waals surface area (Å²) in [4.78, 5) is 21.2. The summed E-state index contributed by atoms with van der Waals surface area (Å²) in [6.07, 6.45) is 1.22. The molecule has 0 bridgehead atoms. The summed E-state index contributed by atoms with van der Waals surface area (Å²) in [5, 5.41) is 2.01. The molecule has 2 aromatic rings. The van der Waals surface area contributed by atoms with Crippen LogP contribution in [0, 0.1) is 5.92 Å². The van der Waals surface area contributed by atoms with Crippen LogP contribution in [0.4, 0.5) is 11.4 Å². The first-order valence-electron chi connectivity index (χ1n) is 7.62. The van der Waals surface area contributed by atoms with Crippen LogP contribution in [0.2, 0.25) is 0 Å². The van der Waals surface area contributed by atoms with Crippen LogP contribution < -0.4 is 9.80 Å². The normalized spacial score (nSPS) is 18.0. The zero-order chi connectivity index (χ0) is 15.5. The van der Waals surface area contributed by atoms with Gasteiger partial charge in [-0.25, -0.2) is 4.98 Å². The highest BCUT2D eigenvalue weighted by atomic mass is 32.1. The quantitative estimate of drug-likeness (QED) is 0.873. The molecular formula is C17H21N3OS. The molecule has 0 aliphatic carbocycles. The fraction of sp³-hybridized carbons (Fsp3) is 0.412. The number of para-hydroxylation sites is 2. The standard InChI is InChI=1S/C17H21N3OS/c1-13-9-19(2)15-5-3-4-6-16(15)20(10-13)17(21)8-7-14-11-22-12-18-14/h3-6,11-13H,7-10H2,1-2H3. The Kier molecular flexibility index (Phi) is 4.43. The fourth-order valence-corrected chi connectivity index (χ4v) is 3.61. The van der Waals surface area contributed by atoms with Gasteiger partial charge in [-0.2, -0.15) is 0 Å². The molecule has 1 aromatic carbocycles. The molecule has 0 radical (unpaired) electrons. The van der Waals surface area contributed by atoms with Crippen molar-refractivity contribution in [2.24, 2.45) is 5.92 Å². The van der Waals surface area contributed by atoms with E-state index in [1.165, 1.54) is 0 Å². The molecule has 1 atom stereocenters. The molecule has 2 heterocycles. The Morgan fingerprint density at radius 1 is 1.32 bits per heavy atom. The number of carbonyl (C=O) groups excluding carboxylic acids is 1. The predicted octanol–water partition coefficient (Wildman–Crippen LogP) is 3.19. The van der Waals surface area contributed by atoms with Crippen LogP contribution in [0.25, 0.3) is 0 Å². The van der Waals surface area contributed by atoms with Crippen LogP contribution in [0.15, 0.2) is 35.2 Å². The van der Waals surface area contributed by atoms with Crippen molar-refractivity contribution in [3.63, 3.8) is 0 Å². The zero-order valence-electron chi connectivity index (χ0n) is 13.0. The van der Waals surface area contributed by atoms with Crippen molar-refractivity contribution in [2.75, 3.05) is 29.9 Å². The zero-order valence-corrected chi connectivity index (χ0v) is 13.8. The third-order valence-electron chi connectivity index (χ3n) is 4.04. The average molecular weight is 315 g/mol. The molecule has 22 heavy (non-hydrogen) atoms. The van der Waals surface area contributed by atoms with Crippen molar-refractivity contribution >= 4 is 28.6 Å². The molecule has 0 N–H and O–H groups in total. The molecule has 0 fully saturated rings. The van der Waals surface area contributed by atoms with Gasteiger partial charge in [0.25, 0.3) is 0 Å². The second-order valence-corrected chi connectivity index (χ2v) is 6.68. The molecule has 5 heteroatoms. The summed E-state index contributed by atoms with van der Waals surface area (Å²) in [5.41, 5.74) is 4.98. The van der Waals surface area contributed by atoms with Crippen molar-refractivity contribution in [1.82, 2.24) is 4.98 Å². The number of fused-ring (bicyclic) bond motifs is 1. The van der Waals surface area contributed by atoms with E-state index >= 15 is 0 Å². The summed E-state index contributed by atoms with van der Waals surface area (Å²) in [6.45, 7) is 3.94. The molecule has 1 aromatic heterocycles. The SMILES string of the molecule is CC1CN(C)c2ccccc2N(C(=O)CCc2cscn2)C1. The minimum atomic E-state index is 0.183. The van der Waals surface area contributed by atoms with E-state index in [1.54, 1.807) is 11.3 Å². The highest BCUT2D eigenvalue weighted by molar-refractivity contribution is 7.07. The van der Waals surface area contributed by atoms with Gasteiger partial charge in [-0.05, 0) is 24.5 Å². The summed E-state index contributed by atoms with van der Waals surface area (Å²) in [5.74, 6) is 0.628. The number of aryl methyl sites for hydroxylation is 1. The first kappa shape index (κ1) is 15.0. The van der Waals surface area contributed by atoms with Gasteiger partial charge in [0.1, 0.15) is 0 Å². The second kappa shape index (κ2) is 6.48.